The molecule has 2 rings (SSSR count). The lowest BCUT2D eigenvalue weighted by Crippen LogP contribution is -2.32. The van der Waals surface area contributed by atoms with Crippen LogP contribution >= 0.6 is 15.9 Å². The van der Waals surface area contributed by atoms with Crippen LogP contribution in [-0.2, 0) is 6.42 Å². The van der Waals surface area contributed by atoms with E-state index in [1.807, 2.05) is 12.1 Å². The van der Waals surface area contributed by atoms with Crippen molar-refractivity contribution in [2.24, 2.45) is 5.41 Å². The molecule has 1 aliphatic carbocycles. The second-order valence-corrected chi connectivity index (χ2v) is 6.65. The SMILES string of the molecule is CC(C)(CNC1CC1)Cc1ccc(Br)cc1F. The molecule has 1 nitrogen and oxygen atoms in total. The van der Waals surface area contributed by atoms with Crippen LogP contribution in [0.4, 0.5) is 4.39 Å². The van der Waals surface area contributed by atoms with Crippen molar-refractivity contribution in [2.45, 2.75) is 39.2 Å². The minimum atomic E-state index is -0.112. The Morgan fingerprint density at radius 2 is 2.12 bits per heavy atom. The first kappa shape index (κ1) is 13.0. The summed E-state index contributed by atoms with van der Waals surface area (Å²) in [5.41, 5.74) is 0.896. The van der Waals surface area contributed by atoms with Crippen LogP contribution in [0.1, 0.15) is 32.3 Å². The number of benzene rings is 1. The van der Waals surface area contributed by atoms with Crippen molar-refractivity contribution in [3.05, 3.63) is 34.1 Å². The van der Waals surface area contributed by atoms with Crippen LogP contribution in [0, 0.1) is 11.2 Å². The molecule has 0 aliphatic heterocycles. The molecule has 1 fully saturated rings. The molecule has 17 heavy (non-hydrogen) atoms. The van der Waals surface area contributed by atoms with E-state index in [0.29, 0.717) is 6.04 Å². The first-order chi connectivity index (χ1) is 7.96. The number of hydrogen-bond acceptors (Lipinski definition) is 1. The van der Waals surface area contributed by atoms with Crippen molar-refractivity contribution >= 4 is 15.9 Å². The molecule has 0 spiro atoms. The highest BCUT2D eigenvalue weighted by molar-refractivity contribution is 9.10. The van der Waals surface area contributed by atoms with Gasteiger partial charge in [-0.1, -0.05) is 35.8 Å². The lowest BCUT2D eigenvalue weighted by Gasteiger charge is -2.25. The molecule has 1 aromatic rings. The summed E-state index contributed by atoms with van der Waals surface area (Å²) in [6.07, 6.45) is 3.36. The molecule has 0 unspecified atom stereocenters. The molecular formula is C14H19BrFN. The van der Waals surface area contributed by atoms with E-state index in [9.17, 15) is 4.39 Å². The van der Waals surface area contributed by atoms with Crippen LogP contribution < -0.4 is 5.32 Å². The van der Waals surface area contributed by atoms with E-state index in [1.165, 1.54) is 12.8 Å². The fourth-order valence-corrected chi connectivity index (χ4v) is 2.28. The Hall–Kier alpha value is -0.410. The third kappa shape index (κ3) is 4.07. The van der Waals surface area contributed by atoms with Gasteiger partial charge in [-0.05, 0) is 42.4 Å². The lowest BCUT2D eigenvalue weighted by atomic mass is 9.85. The summed E-state index contributed by atoms with van der Waals surface area (Å²) in [5, 5.41) is 3.52. The van der Waals surface area contributed by atoms with Gasteiger partial charge in [0.2, 0.25) is 0 Å². The maximum atomic E-state index is 13.7. The summed E-state index contributed by atoms with van der Waals surface area (Å²) in [7, 11) is 0. The van der Waals surface area contributed by atoms with E-state index in [-0.39, 0.29) is 11.2 Å². The van der Waals surface area contributed by atoms with Gasteiger partial charge in [-0.15, -0.1) is 0 Å². The largest absolute Gasteiger partial charge is 0.313 e. The molecule has 0 aromatic heterocycles. The molecule has 1 aliphatic rings. The van der Waals surface area contributed by atoms with Crippen molar-refractivity contribution in [1.82, 2.24) is 5.32 Å². The third-order valence-electron chi connectivity index (χ3n) is 3.13. The van der Waals surface area contributed by atoms with Crippen LogP contribution in [0.5, 0.6) is 0 Å². The maximum absolute atomic E-state index is 13.7. The lowest BCUT2D eigenvalue weighted by molar-refractivity contribution is 0.332. The standard InChI is InChI=1S/C14H19BrFN/c1-14(2,9-17-12-5-6-12)8-10-3-4-11(15)7-13(10)16/h3-4,7,12,17H,5-6,8-9H2,1-2H3. The Morgan fingerprint density at radius 3 is 2.71 bits per heavy atom. The minimum Gasteiger partial charge on any atom is -0.313 e. The van der Waals surface area contributed by atoms with Gasteiger partial charge in [-0.3, -0.25) is 0 Å². The van der Waals surface area contributed by atoms with Crippen LogP contribution in [0.3, 0.4) is 0 Å². The van der Waals surface area contributed by atoms with Gasteiger partial charge in [-0.25, -0.2) is 4.39 Å². The van der Waals surface area contributed by atoms with Gasteiger partial charge in [0.25, 0.3) is 0 Å². The van der Waals surface area contributed by atoms with Crippen molar-refractivity contribution < 1.29 is 4.39 Å². The van der Waals surface area contributed by atoms with Gasteiger partial charge >= 0.3 is 0 Å². The smallest absolute Gasteiger partial charge is 0.127 e. The predicted octanol–water partition coefficient (Wildman–Crippen LogP) is 3.91. The second kappa shape index (κ2) is 5.07. The summed E-state index contributed by atoms with van der Waals surface area (Å²) >= 11 is 3.28. The second-order valence-electron chi connectivity index (χ2n) is 5.73. The van der Waals surface area contributed by atoms with E-state index < -0.39 is 0 Å². The van der Waals surface area contributed by atoms with E-state index in [2.05, 4.69) is 35.1 Å². The summed E-state index contributed by atoms with van der Waals surface area (Å²) in [6.45, 7) is 5.32. The van der Waals surface area contributed by atoms with E-state index >= 15 is 0 Å². The van der Waals surface area contributed by atoms with Crippen molar-refractivity contribution in [2.75, 3.05) is 6.54 Å². The first-order valence-corrected chi connectivity index (χ1v) is 6.93. The van der Waals surface area contributed by atoms with Crippen molar-refractivity contribution in [1.29, 1.82) is 0 Å². The maximum Gasteiger partial charge on any atom is 0.127 e. The highest BCUT2D eigenvalue weighted by Crippen LogP contribution is 2.26. The van der Waals surface area contributed by atoms with Crippen molar-refractivity contribution in [3.8, 4) is 0 Å². The molecule has 3 heteroatoms. The molecule has 1 saturated carbocycles. The van der Waals surface area contributed by atoms with E-state index in [4.69, 9.17) is 0 Å². The van der Waals surface area contributed by atoms with Gasteiger partial charge in [0, 0.05) is 17.1 Å². The Bertz CT molecular complexity index is 399. The van der Waals surface area contributed by atoms with E-state index in [0.717, 1.165) is 23.0 Å². The zero-order valence-corrected chi connectivity index (χ0v) is 12.0. The Labute approximate surface area is 111 Å². The Morgan fingerprint density at radius 1 is 1.41 bits per heavy atom. The molecule has 94 valence electrons. The highest BCUT2D eigenvalue weighted by Gasteiger charge is 2.26. The minimum absolute atomic E-state index is 0.0945. The summed E-state index contributed by atoms with van der Waals surface area (Å²) in [4.78, 5) is 0. The van der Waals surface area contributed by atoms with Crippen LogP contribution in [0.2, 0.25) is 0 Å². The Balaban J connectivity index is 1.97. The fraction of sp³-hybridized carbons (Fsp3) is 0.571. The number of rotatable bonds is 5. The molecule has 0 atom stereocenters. The summed E-state index contributed by atoms with van der Waals surface area (Å²) in [6, 6.07) is 6.03. The van der Waals surface area contributed by atoms with E-state index in [1.54, 1.807) is 6.07 Å². The molecule has 0 heterocycles. The summed E-state index contributed by atoms with van der Waals surface area (Å²) in [5.74, 6) is -0.112. The number of halogens is 2. The number of hydrogen-bond donors (Lipinski definition) is 1. The summed E-state index contributed by atoms with van der Waals surface area (Å²) < 4.78 is 14.5. The third-order valence-corrected chi connectivity index (χ3v) is 3.62. The van der Waals surface area contributed by atoms with Gasteiger partial charge in [-0.2, -0.15) is 0 Å². The number of nitrogens with one attached hydrogen (secondary N) is 1. The molecule has 0 amide bonds. The molecular weight excluding hydrogens is 281 g/mol. The van der Waals surface area contributed by atoms with Crippen LogP contribution in [0.15, 0.2) is 22.7 Å². The predicted molar refractivity (Wildman–Crippen MR) is 72.6 cm³/mol. The molecule has 0 saturated heterocycles. The molecule has 0 radical (unpaired) electrons. The average Bonchev–Trinajstić information content (AvgIpc) is 3.03. The normalized spacial score (nSPS) is 16.2. The van der Waals surface area contributed by atoms with Gasteiger partial charge in [0.15, 0.2) is 0 Å². The van der Waals surface area contributed by atoms with Gasteiger partial charge < -0.3 is 5.32 Å². The monoisotopic (exact) mass is 299 g/mol. The van der Waals surface area contributed by atoms with Crippen LogP contribution in [-0.4, -0.2) is 12.6 Å². The zero-order chi connectivity index (χ0) is 12.5. The van der Waals surface area contributed by atoms with Gasteiger partial charge in [0.05, 0.1) is 0 Å². The topological polar surface area (TPSA) is 12.0 Å². The fourth-order valence-electron chi connectivity index (χ4n) is 1.95. The first-order valence-electron chi connectivity index (χ1n) is 6.14. The molecule has 1 aromatic carbocycles. The van der Waals surface area contributed by atoms with Crippen LogP contribution in [0.25, 0.3) is 0 Å². The quantitative estimate of drug-likeness (QED) is 0.869. The van der Waals surface area contributed by atoms with Gasteiger partial charge in [0.1, 0.15) is 5.82 Å². The highest BCUT2D eigenvalue weighted by atomic mass is 79.9. The Kier molecular flexibility index (Phi) is 3.88. The average molecular weight is 300 g/mol. The molecule has 0 bridgehead atoms. The molecule has 1 N–H and O–H groups in total. The van der Waals surface area contributed by atoms with Crippen molar-refractivity contribution in [3.63, 3.8) is 0 Å². The zero-order valence-electron chi connectivity index (χ0n) is 10.4.